The monoisotopic (exact) mass is 536 g/mol. The molecule has 0 saturated carbocycles. The minimum Gasteiger partial charge on any atom is -0.347 e. The average Bonchev–Trinajstić information content (AvgIpc) is 3.60. The van der Waals surface area contributed by atoms with Crippen molar-refractivity contribution < 1.29 is 18.0 Å². The summed E-state index contributed by atoms with van der Waals surface area (Å²) in [7, 11) is 0. The molecule has 9 nitrogen and oxygen atoms in total. The number of hydrogen-bond acceptors (Lipinski definition) is 8. The number of alkyl halides is 3. The maximum atomic E-state index is 13.4. The lowest BCUT2D eigenvalue weighted by atomic mass is 9.97. The molecule has 2 atom stereocenters. The number of thiophene rings is 1. The summed E-state index contributed by atoms with van der Waals surface area (Å²) >= 11 is 1.60. The molecule has 1 fully saturated rings. The van der Waals surface area contributed by atoms with Gasteiger partial charge in [-0.3, -0.25) is 4.79 Å². The molecule has 3 aromatic heterocycles. The van der Waals surface area contributed by atoms with Crippen LogP contribution in [0.1, 0.15) is 62.0 Å². The molecule has 2 aliphatic heterocycles. The van der Waals surface area contributed by atoms with Crippen LogP contribution in [0.3, 0.4) is 0 Å². The van der Waals surface area contributed by atoms with Gasteiger partial charge >= 0.3 is 6.18 Å². The lowest BCUT2D eigenvalue weighted by Gasteiger charge is -2.30. The Morgan fingerprint density at radius 2 is 2.08 bits per heavy atom. The molecule has 0 aromatic carbocycles. The van der Waals surface area contributed by atoms with Gasteiger partial charge in [-0.2, -0.15) is 13.2 Å². The topological polar surface area (TPSA) is 101 Å². The largest absolute Gasteiger partial charge is 0.451 e. The predicted molar refractivity (Wildman–Crippen MR) is 134 cm³/mol. The summed E-state index contributed by atoms with van der Waals surface area (Å²) in [5, 5.41) is 14.7. The number of fused-ring (bicyclic) bond motifs is 2. The Labute approximate surface area is 216 Å². The van der Waals surface area contributed by atoms with Crippen LogP contribution >= 0.6 is 11.3 Å². The normalized spacial score (nSPS) is 19.0. The Balaban J connectivity index is 1.57. The van der Waals surface area contributed by atoms with Gasteiger partial charge in [0.2, 0.25) is 11.7 Å². The second-order valence-electron chi connectivity index (χ2n) is 9.99. The molecule has 2 N–H and O–H groups in total. The number of anilines is 1. The van der Waals surface area contributed by atoms with E-state index in [0.29, 0.717) is 18.2 Å². The van der Waals surface area contributed by atoms with Crippen LogP contribution in [0.5, 0.6) is 0 Å². The van der Waals surface area contributed by atoms with Crippen molar-refractivity contribution in [3.8, 4) is 0 Å². The molecule has 1 amide bonds. The maximum Gasteiger partial charge on any atom is 0.451 e. The van der Waals surface area contributed by atoms with Gasteiger partial charge in [-0.15, -0.1) is 21.5 Å². The van der Waals surface area contributed by atoms with Gasteiger partial charge < -0.3 is 20.1 Å². The van der Waals surface area contributed by atoms with Crippen LogP contribution in [-0.4, -0.2) is 50.3 Å². The molecule has 200 valence electrons. The first-order chi connectivity index (χ1) is 17.7. The second kappa shape index (κ2) is 10.2. The number of amides is 1. The number of aromatic nitrogens is 5. The molecule has 0 spiro atoms. The summed E-state index contributed by atoms with van der Waals surface area (Å²) in [6.07, 6.45) is -1.78. The maximum absolute atomic E-state index is 13.4. The van der Waals surface area contributed by atoms with E-state index in [1.54, 1.807) is 11.3 Å². The van der Waals surface area contributed by atoms with Gasteiger partial charge in [0.15, 0.2) is 11.6 Å². The third-order valence-electron chi connectivity index (χ3n) is 6.91. The fraction of sp³-hybridized carbons (Fsp3) is 0.625. The minimum absolute atomic E-state index is 0.0641. The van der Waals surface area contributed by atoms with Crippen molar-refractivity contribution in [3.05, 3.63) is 28.4 Å². The van der Waals surface area contributed by atoms with E-state index in [-0.39, 0.29) is 42.7 Å². The molecule has 2 aliphatic rings. The van der Waals surface area contributed by atoms with Crippen molar-refractivity contribution in [1.82, 2.24) is 35.4 Å². The Morgan fingerprint density at radius 3 is 2.76 bits per heavy atom. The van der Waals surface area contributed by atoms with E-state index in [9.17, 15) is 18.0 Å². The third-order valence-corrected chi connectivity index (χ3v) is 8.00. The van der Waals surface area contributed by atoms with Crippen LogP contribution in [0.15, 0.2) is 6.07 Å². The lowest BCUT2D eigenvalue weighted by Crippen LogP contribution is -2.39. The smallest absolute Gasteiger partial charge is 0.347 e. The van der Waals surface area contributed by atoms with Gasteiger partial charge in [-0.05, 0) is 25.5 Å². The zero-order valence-corrected chi connectivity index (χ0v) is 21.9. The molecule has 0 bridgehead atoms. The number of carbonyl (C=O) groups excluding carboxylic acids is 1. The molecule has 0 radical (unpaired) electrons. The van der Waals surface area contributed by atoms with Gasteiger partial charge in [0.25, 0.3) is 0 Å². The number of hydrogen-bond donors (Lipinski definition) is 2. The predicted octanol–water partition coefficient (Wildman–Crippen LogP) is 3.70. The molecule has 1 unspecified atom stereocenters. The number of nitrogens with zero attached hydrogens (tertiary/aromatic N) is 6. The summed E-state index contributed by atoms with van der Waals surface area (Å²) in [5.41, 5.74) is 0. The highest BCUT2D eigenvalue weighted by atomic mass is 32.1. The molecule has 5 heterocycles. The first-order valence-corrected chi connectivity index (χ1v) is 13.5. The summed E-state index contributed by atoms with van der Waals surface area (Å²) in [6.45, 7) is 8.00. The second-order valence-corrected chi connectivity index (χ2v) is 11.1. The van der Waals surface area contributed by atoms with Crippen molar-refractivity contribution in [3.63, 3.8) is 0 Å². The quantitative estimate of drug-likeness (QED) is 0.475. The zero-order chi connectivity index (χ0) is 26.3. The number of aryl methyl sites for hydroxylation is 1. The molecule has 5 rings (SSSR count). The fourth-order valence-electron chi connectivity index (χ4n) is 4.94. The molecular formula is C24H31F3N8OS. The van der Waals surface area contributed by atoms with Gasteiger partial charge in [-0.1, -0.05) is 27.2 Å². The Bertz CT molecular complexity index is 1280. The van der Waals surface area contributed by atoms with Crippen molar-refractivity contribution in [1.29, 1.82) is 0 Å². The molecule has 13 heteroatoms. The number of rotatable bonds is 7. The van der Waals surface area contributed by atoms with Crippen LogP contribution in [0, 0.1) is 11.8 Å². The highest BCUT2D eigenvalue weighted by molar-refractivity contribution is 7.18. The lowest BCUT2D eigenvalue weighted by molar-refractivity contribution is -0.147. The Kier molecular flexibility index (Phi) is 7.10. The van der Waals surface area contributed by atoms with E-state index in [1.807, 2.05) is 18.7 Å². The van der Waals surface area contributed by atoms with Crippen molar-refractivity contribution in [2.75, 3.05) is 24.5 Å². The average molecular weight is 537 g/mol. The fourth-order valence-corrected chi connectivity index (χ4v) is 6.08. The molecular weight excluding hydrogens is 505 g/mol. The first-order valence-electron chi connectivity index (χ1n) is 12.7. The SMILES string of the molecule is CCCc1cc2c(N3CCn4c(nnc4C(F)(F)F)C3)nc([C@@H](NC(=O)C(C)C)C3CCNC3)nc2s1. The number of carbonyl (C=O) groups is 1. The highest BCUT2D eigenvalue weighted by Crippen LogP contribution is 2.37. The highest BCUT2D eigenvalue weighted by Gasteiger charge is 2.40. The summed E-state index contributed by atoms with van der Waals surface area (Å²) < 4.78 is 41.2. The summed E-state index contributed by atoms with van der Waals surface area (Å²) in [6, 6.07) is 1.72. The third kappa shape index (κ3) is 5.15. The van der Waals surface area contributed by atoms with Crippen LogP contribution < -0.4 is 15.5 Å². The number of halogens is 3. The van der Waals surface area contributed by atoms with E-state index in [4.69, 9.17) is 9.97 Å². The van der Waals surface area contributed by atoms with Crippen molar-refractivity contribution in [2.45, 2.75) is 65.3 Å². The van der Waals surface area contributed by atoms with Crippen LogP contribution in [0.2, 0.25) is 0 Å². The van der Waals surface area contributed by atoms with Gasteiger partial charge in [-0.25, -0.2) is 9.97 Å². The van der Waals surface area contributed by atoms with E-state index < -0.39 is 12.0 Å². The number of nitrogens with one attached hydrogen (secondary N) is 2. The van der Waals surface area contributed by atoms with Crippen molar-refractivity contribution >= 4 is 33.3 Å². The van der Waals surface area contributed by atoms with Crippen molar-refractivity contribution in [2.24, 2.45) is 11.8 Å². The standard InChI is InChI=1S/C24H31F3N8OS/c1-4-5-15-10-16-20(34-8-9-35-17(12-34)32-33-23(35)24(25,26)27)30-19(31-22(16)37-15)18(14-6-7-28-11-14)29-21(36)13(2)3/h10,13-14,18,28H,4-9,11-12H2,1-3H3,(H,29,36)/t14?,18-/m0/s1. The van der Waals surface area contributed by atoms with Crippen LogP contribution in [-0.2, 0) is 30.5 Å². The molecule has 37 heavy (non-hydrogen) atoms. The molecule has 3 aromatic rings. The van der Waals surface area contributed by atoms with Crippen LogP contribution in [0.25, 0.3) is 10.2 Å². The van der Waals surface area contributed by atoms with Gasteiger partial charge in [0.05, 0.1) is 18.0 Å². The van der Waals surface area contributed by atoms with E-state index in [2.05, 4.69) is 33.8 Å². The minimum atomic E-state index is -4.55. The molecule has 0 aliphatic carbocycles. The van der Waals surface area contributed by atoms with E-state index in [1.165, 1.54) is 4.88 Å². The first kappa shape index (κ1) is 25.8. The van der Waals surface area contributed by atoms with Crippen LogP contribution in [0.4, 0.5) is 19.0 Å². The Morgan fingerprint density at radius 1 is 1.27 bits per heavy atom. The van der Waals surface area contributed by atoms with Gasteiger partial charge in [0, 0.05) is 36.3 Å². The summed E-state index contributed by atoms with van der Waals surface area (Å²) in [5.74, 6) is 0.373. The zero-order valence-electron chi connectivity index (χ0n) is 21.1. The summed E-state index contributed by atoms with van der Waals surface area (Å²) in [4.78, 5) is 26.6. The van der Waals surface area contributed by atoms with E-state index in [0.717, 1.165) is 47.1 Å². The Hall–Kier alpha value is -2.80. The molecule has 1 saturated heterocycles. The van der Waals surface area contributed by atoms with E-state index >= 15 is 0 Å². The van der Waals surface area contributed by atoms with Gasteiger partial charge in [0.1, 0.15) is 10.6 Å².